The van der Waals surface area contributed by atoms with E-state index in [-0.39, 0.29) is 6.42 Å². The van der Waals surface area contributed by atoms with Gasteiger partial charge in [-0.1, -0.05) is 43.5 Å². The zero-order valence-corrected chi connectivity index (χ0v) is 23.2. The van der Waals surface area contributed by atoms with E-state index >= 15 is 0 Å². The molecule has 2 aliphatic rings. The van der Waals surface area contributed by atoms with Crippen LogP contribution in [-0.4, -0.2) is 77.8 Å². The second-order valence-corrected chi connectivity index (χ2v) is 10.8. The quantitative estimate of drug-likeness (QED) is 0.216. The fourth-order valence-electron chi connectivity index (χ4n) is 5.36. The summed E-state index contributed by atoms with van der Waals surface area (Å²) in [7, 11) is 0. The van der Waals surface area contributed by atoms with Crippen LogP contribution in [0.4, 0.5) is 17.6 Å². The maximum atomic E-state index is 10.7. The first kappa shape index (κ1) is 29.0. The largest absolute Gasteiger partial charge is 0.481 e. The molecule has 2 fully saturated rings. The summed E-state index contributed by atoms with van der Waals surface area (Å²) in [5.74, 6) is 1.07. The summed E-state index contributed by atoms with van der Waals surface area (Å²) in [5, 5.41) is 19.4. The molecule has 4 rings (SSSR count). The van der Waals surface area contributed by atoms with Gasteiger partial charge < -0.3 is 31.7 Å². The molecule has 0 spiro atoms. The molecule has 10 heteroatoms. The van der Waals surface area contributed by atoms with Crippen molar-refractivity contribution in [2.45, 2.75) is 70.5 Å². The first-order valence-electron chi connectivity index (χ1n) is 14.6. The van der Waals surface area contributed by atoms with Crippen LogP contribution in [-0.2, 0) is 17.9 Å². The fourth-order valence-corrected chi connectivity index (χ4v) is 5.36. The lowest BCUT2D eigenvalue weighted by molar-refractivity contribution is -0.137. The number of carboxylic acids is 1. The van der Waals surface area contributed by atoms with Crippen LogP contribution in [0.25, 0.3) is 0 Å². The van der Waals surface area contributed by atoms with Crippen molar-refractivity contribution in [1.29, 1.82) is 0 Å². The van der Waals surface area contributed by atoms with Crippen LogP contribution in [0, 0.1) is 0 Å². The second kappa shape index (κ2) is 15.6. The van der Waals surface area contributed by atoms with Crippen molar-refractivity contribution in [3.8, 4) is 0 Å². The summed E-state index contributed by atoms with van der Waals surface area (Å²) in [6.07, 6.45) is 8.91. The third kappa shape index (κ3) is 10.3. The highest BCUT2D eigenvalue weighted by molar-refractivity contribution is 5.66. The maximum Gasteiger partial charge on any atom is 0.303 e. The lowest BCUT2D eigenvalue weighted by atomic mass is 9.95. The standard InChI is InChI=1S/C29H46N8O2/c30-26-20-27(37-18-16-36(17-19-37)15-4-8-28(38)39)35-29(34-26)33-22-24-11-9-23(10-12-24)21-31-13-5-14-32-25-6-2-1-3-7-25/h9-12,20,25,31-32H,1-8,13-19,21-22H2,(H,38,39)(H3,30,33,34,35). The van der Waals surface area contributed by atoms with Crippen LogP contribution >= 0.6 is 0 Å². The van der Waals surface area contributed by atoms with E-state index < -0.39 is 5.97 Å². The van der Waals surface area contributed by atoms with Crippen LogP contribution in [0.15, 0.2) is 30.3 Å². The van der Waals surface area contributed by atoms with Crippen LogP contribution < -0.4 is 26.6 Å². The normalized spacial score (nSPS) is 16.9. The van der Waals surface area contributed by atoms with Gasteiger partial charge in [-0.15, -0.1) is 0 Å². The number of carboxylic acid groups (broad SMARTS) is 1. The number of nitrogen functional groups attached to an aromatic ring is 1. The number of benzene rings is 1. The molecule has 1 aromatic carbocycles. The summed E-state index contributed by atoms with van der Waals surface area (Å²) in [5.41, 5.74) is 8.54. The van der Waals surface area contributed by atoms with Crippen molar-refractivity contribution < 1.29 is 9.90 Å². The Labute approximate surface area is 232 Å². The summed E-state index contributed by atoms with van der Waals surface area (Å²) in [6.45, 7) is 7.86. The molecule has 0 amide bonds. The van der Waals surface area contributed by atoms with Crippen molar-refractivity contribution in [1.82, 2.24) is 25.5 Å². The lowest BCUT2D eigenvalue weighted by Crippen LogP contribution is -2.47. The molecule has 2 aromatic rings. The van der Waals surface area contributed by atoms with Crippen LogP contribution in [0.3, 0.4) is 0 Å². The smallest absolute Gasteiger partial charge is 0.303 e. The molecule has 214 valence electrons. The minimum atomic E-state index is -0.735. The number of hydrogen-bond donors (Lipinski definition) is 5. The van der Waals surface area contributed by atoms with E-state index in [1.807, 2.05) is 6.07 Å². The topological polar surface area (TPSA) is 132 Å². The van der Waals surface area contributed by atoms with E-state index in [0.29, 0.717) is 24.7 Å². The summed E-state index contributed by atoms with van der Waals surface area (Å²) in [6, 6.07) is 11.2. The van der Waals surface area contributed by atoms with Crippen molar-refractivity contribution in [2.75, 3.05) is 61.8 Å². The molecule has 2 heterocycles. The van der Waals surface area contributed by atoms with Gasteiger partial charge in [0.05, 0.1) is 0 Å². The Balaban J connectivity index is 1.15. The van der Waals surface area contributed by atoms with Gasteiger partial charge in [0.25, 0.3) is 0 Å². The van der Waals surface area contributed by atoms with Gasteiger partial charge in [-0.05, 0) is 56.4 Å². The number of aliphatic carboxylic acids is 1. The Morgan fingerprint density at radius 2 is 1.67 bits per heavy atom. The molecule has 0 radical (unpaired) electrons. The third-order valence-corrected chi connectivity index (χ3v) is 7.66. The van der Waals surface area contributed by atoms with Crippen molar-refractivity contribution in [3.05, 3.63) is 41.5 Å². The van der Waals surface area contributed by atoms with Gasteiger partial charge in [0, 0.05) is 57.8 Å². The number of nitrogens with one attached hydrogen (secondary N) is 3. The number of aromatic nitrogens is 2. The SMILES string of the molecule is Nc1cc(N2CCN(CCCC(=O)O)CC2)nc(NCc2ccc(CNCCCNC3CCCCC3)cc2)n1. The molecule has 39 heavy (non-hydrogen) atoms. The average molecular weight is 539 g/mol. The molecular formula is C29H46N8O2. The Bertz CT molecular complexity index is 1000. The number of rotatable bonds is 15. The Morgan fingerprint density at radius 1 is 0.949 bits per heavy atom. The minimum absolute atomic E-state index is 0.218. The number of piperazine rings is 1. The predicted octanol–water partition coefficient (Wildman–Crippen LogP) is 3.06. The number of nitrogens with two attached hydrogens (primary N) is 1. The molecule has 1 aromatic heterocycles. The maximum absolute atomic E-state index is 10.7. The van der Waals surface area contributed by atoms with Crippen LogP contribution in [0.1, 0.15) is 62.5 Å². The van der Waals surface area contributed by atoms with Gasteiger partial charge in [0.1, 0.15) is 11.6 Å². The van der Waals surface area contributed by atoms with Crippen molar-refractivity contribution in [2.24, 2.45) is 0 Å². The molecule has 0 bridgehead atoms. The zero-order valence-electron chi connectivity index (χ0n) is 23.2. The van der Waals surface area contributed by atoms with Crippen LogP contribution in [0.2, 0.25) is 0 Å². The third-order valence-electron chi connectivity index (χ3n) is 7.66. The molecule has 0 unspecified atom stereocenters. The van der Waals surface area contributed by atoms with Gasteiger partial charge >= 0.3 is 5.97 Å². The monoisotopic (exact) mass is 538 g/mol. The van der Waals surface area contributed by atoms with Gasteiger partial charge in [-0.25, -0.2) is 0 Å². The molecule has 0 atom stereocenters. The fraction of sp³-hybridized carbons (Fsp3) is 0.621. The van der Waals surface area contributed by atoms with E-state index in [0.717, 1.165) is 76.2 Å². The summed E-state index contributed by atoms with van der Waals surface area (Å²) >= 11 is 0. The van der Waals surface area contributed by atoms with Crippen molar-refractivity contribution >= 4 is 23.6 Å². The van der Waals surface area contributed by atoms with E-state index in [4.69, 9.17) is 15.8 Å². The van der Waals surface area contributed by atoms with Gasteiger partial charge in [-0.2, -0.15) is 9.97 Å². The van der Waals surface area contributed by atoms with E-state index in [2.05, 4.69) is 55.0 Å². The molecule has 10 nitrogen and oxygen atoms in total. The Morgan fingerprint density at radius 3 is 2.38 bits per heavy atom. The van der Waals surface area contributed by atoms with Gasteiger partial charge in [0.15, 0.2) is 0 Å². The Hall–Kier alpha value is -2.95. The molecule has 1 aliphatic carbocycles. The van der Waals surface area contributed by atoms with E-state index in [1.54, 1.807) is 0 Å². The second-order valence-electron chi connectivity index (χ2n) is 10.8. The number of hydrogen-bond acceptors (Lipinski definition) is 9. The molecule has 1 saturated carbocycles. The first-order chi connectivity index (χ1) is 19.0. The molecule has 1 aliphatic heterocycles. The Kier molecular flexibility index (Phi) is 11.6. The van der Waals surface area contributed by atoms with E-state index in [1.165, 1.54) is 37.7 Å². The minimum Gasteiger partial charge on any atom is -0.481 e. The number of nitrogens with zero attached hydrogens (tertiary/aromatic N) is 4. The van der Waals surface area contributed by atoms with Crippen LogP contribution in [0.5, 0.6) is 0 Å². The highest BCUT2D eigenvalue weighted by atomic mass is 16.4. The predicted molar refractivity (Wildman–Crippen MR) is 157 cm³/mol. The van der Waals surface area contributed by atoms with Crippen molar-refractivity contribution in [3.63, 3.8) is 0 Å². The van der Waals surface area contributed by atoms with E-state index in [9.17, 15) is 4.79 Å². The number of anilines is 3. The summed E-state index contributed by atoms with van der Waals surface area (Å²) in [4.78, 5) is 24.3. The molecular weight excluding hydrogens is 492 g/mol. The highest BCUT2D eigenvalue weighted by Gasteiger charge is 2.19. The molecule has 1 saturated heterocycles. The zero-order chi connectivity index (χ0) is 27.3. The van der Waals surface area contributed by atoms with Gasteiger partial charge in [-0.3, -0.25) is 9.69 Å². The number of carbonyl (C=O) groups is 1. The average Bonchev–Trinajstić information content (AvgIpc) is 2.95. The first-order valence-corrected chi connectivity index (χ1v) is 14.6. The summed E-state index contributed by atoms with van der Waals surface area (Å²) < 4.78 is 0. The lowest BCUT2D eigenvalue weighted by Gasteiger charge is -2.35. The highest BCUT2D eigenvalue weighted by Crippen LogP contribution is 2.19. The van der Waals surface area contributed by atoms with Gasteiger partial charge in [0.2, 0.25) is 5.95 Å². The molecule has 6 N–H and O–H groups in total.